The molecule has 1 aliphatic heterocycles. The molecule has 1 amide bonds. The number of carbonyl (C=O) groups excluding carboxylic acids is 1. The normalized spacial score (nSPS) is 25.4. The van der Waals surface area contributed by atoms with Crippen LogP contribution in [0.5, 0.6) is 0 Å². The third-order valence-electron chi connectivity index (χ3n) is 3.20. The molecule has 0 saturated carbocycles. The van der Waals surface area contributed by atoms with E-state index in [1.54, 1.807) is 0 Å². The molecule has 0 bridgehead atoms. The van der Waals surface area contributed by atoms with Gasteiger partial charge < -0.3 is 10.2 Å². The highest BCUT2D eigenvalue weighted by molar-refractivity contribution is 5.83. The molecule has 1 aliphatic rings. The highest BCUT2D eigenvalue weighted by Gasteiger charge is 2.42. The van der Waals surface area contributed by atoms with E-state index in [1.807, 2.05) is 18.7 Å². The fourth-order valence-electron chi connectivity index (χ4n) is 1.97. The highest BCUT2D eigenvalue weighted by atomic mass is 16.2. The van der Waals surface area contributed by atoms with E-state index in [1.165, 1.54) is 0 Å². The second kappa shape index (κ2) is 3.73. The zero-order valence-corrected chi connectivity index (χ0v) is 11.8. The molecular weight excluding hydrogens is 200 g/mol. The van der Waals surface area contributed by atoms with E-state index in [0.29, 0.717) is 0 Å². The van der Waals surface area contributed by atoms with E-state index in [0.717, 1.165) is 13.1 Å². The molecule has 1 fully saturated rings. The number of nitrogens with one attached hydrogen (secondary N) is 1. The van der Waals surface area contributed by atoms with Crippen molar-refractivity contribution in [2.45, 2.75) is 59.5 Å². The van der Waals surface area contributed by atoms with Crippen molar-refractivity contribution in [3.63, 3.8) is 0 Å². The molecule has 0 radical (unpaired) electrons. The first-order valence-corrected chi connectivity index (χ1v) is 6.03. The average Bonchev–Trinajstić information content (AvgIpc) is 2.15. The van der Waals surface area contributed by atoms with Crippen molar-refractivity contribution in [2.75, 3.05) is 13.1 Å². The summed E-state index contributed by atoms with van der Waals surface area (Å²) in [6.07, 6.45) is 0. The summed E-state index contributed by atoms with van der Waals surface area (Å²) in [6, 6.07) is 0. The summed E-state index contributed by atoms with van der Waals surface area (Å²) in [4.78, 5) is 14.5. The van der Waals surface area contributed by atoms with Crippen LogP contribution in [0.3, 0.4) is 0 Å². The van der Waals surface area contributed by atoms with Crippen LogP contribution in [0.25, 0.3) is 0 Å². The molecule has 1 N–H and O–H groups in total. The molecule has 0 aromatic rings. The molecule has 16 heavy (non-hydrogen) atoms. The molecule has 0 aliphatic carbocycles. The lowest BCUT2D eigenvalue weighted by Gasteiger charge is -2.40. The molecule has 3 nitrogen and oxygen atoms in total. The van der Waals surface area contributed by atoms with Gasteiger partial charge in [-0.2, -0.15) is 0 Å². The van der Waals surface area contributed by atoms with Gasteiger partial charge in [0, 0.05) is 24.2 Å². The number of amides is 1. The van der Waals surface area contributed by atoms with Gasteiger partial charge in [-0.1, -0.05) is 0 Å². The Kier molecular flexibility index (Phi) is 3.14. The third kappa shape index (κ3) is 2.76. The third-order valence-corrected chi connectivity index (χ3v) is 3.20. The minimum atomic E-state index is -0.318. The fraction of sp³-hybridized carbons (Fsp3) is 0.923. The SMILES string of the molecule is CC1(C)CN(C(C)(C)C)C(=O)C(C)(C)CN1. The maximum Gasteiger partial charge on any atom is 0.230 e. The lowest BCUT2D eigenvalue weighted by Crippen LogP contribution is -2.54. The van der Waals surface area contributed by atoms with Gasteiger partial charge in [-0.05, 0) is 48.5 Å². The predicted octanol–water partition coefficient (Wildman–Crippen LogP) is 2.02. The van der Waals surface area contributed by atoms with Crippen LogP contribution in [0, 0.1) is 5.41 Å². The van der Waals surface area contributed by atoms with Crippen LogP contribution < -0.4 is 5.32 Å². The van der Waals surface area contributed by atoms with E-state index < -0.39 is 0 Å². The largest absolute Gasteiger partial charge is 0.336 e. The van der Waals surface area contributed by atoms with E-state index in [9.17, 15) is 4.79 Å². The number of nitrogens with zero attached hydrogens (tertiary/aromatic N) is 1. The van der Waals surface area contributed by atoms with Gasteiger partial charge in [0.2, 0.25) is 5.91 Å². The molecule has 0 aromatic heterocycles. The van der Waals surface area contributed by atoms with E-state index in [4.69, 9.17) is 0 Å². The Labute approximate surface area is 99.6 Å². The van der Waals surface area contributed by atoms with Gasteiger partial charge >= 0.3 is 0 Å². The lowest BCUT2D eigenvalue weighted by molar-refractivity contribution is -0.144. The predicted molar refractivity (Wildman–Crippen MR) is 67.3 cm³/mol. The van der Waals surface area contributed by atoms with Crippen molar-refractivity contribution in [3.8, 4) is 0 Å². The quantitative estimate of drug-likeness (QED) is 0.685. The molecule has 1 heterocycles. The summed E-state index contributed by atoms with van der Waals surface area (Å²) in [5.41, 5.74) is -0.449. The number of rotatable bonds is 0. The van der Waals surface area contributed by atoms with Gasteiger partial charge in [0.1, 0.15) is 0 Å². The zero-order chi connectivity index (χ0) is 12.8. The van der Waals surface area contributed by atoms with Crippen LogP contribution in [0.2, 0.25) is 0 Å². The standard InChI is InChI=1S/C13H26N2O/c1-11(2,3)15-9-13(6,7)14-8-12(4,5)10(15)16/h14H,8-9H2,1-7H3. The molecule has 0 aromatic carbocycles. The minimum absolute atomic E-state index is 0.0172. The van der Waals surface area contributed by atoms with Crippen LogP contribution >= 0.6 is 0 Å². The van der Waals surface area contributed by atoms with Crippen LogP contribution in [0.4, 0.5) is 0 Å². The summed E-state index contributed by atoms with van der Waals surface area (Å²) in [6.45, 7) is 16.1. The van der Waals surface area contributed by atoms with Crippen molar-refractivity contribution in [2.24, 2.45) is 5.41 Å². The Morgan fingerprint density at radius 2 is 1.69 bits per heavy atom. The summed E-state index contributed by atoms with van der Waals surface area (Å²) in [5, 5.41) is 3.48. The van der Waals surface area contributed by atoms with Crippen LogP contribution in [-0.2, 0) is 4.79 Å². The molecule has 3 heteroatoms. The second-order valence-corrected chi connectivity index (χ2v) is 7.18. The van der Waals surface area contributed by atoms with Gasteiger partial charge in [0.25, 0.3) is 0 Å². The van der Waals surface area contributed by atoms with Gasteiger partial charge in [-0.3, -0.25) is 4.79 Å². The first-order valence-electron chi connectivity index (χ1n) is 6.03. The summed E-state index contributed by atoms with van der Waals surface area (Å²) >= 11 is 0. The van der Waals surface area contributed by atoms with E-state index in [-0.39, 0.29) is 22.4 Å². The molecule has 0 atom stereocenters. The van der Waals surface area contributed by atoms with Crippen LogP contribution in [0.15, 0.2) is 0 Å². The number of hydrogen-bond acceptors (Lipinski definition) is 2. The van der Waals surface area contributed by atoms with E-state index in [2.05, 4.69) is 39.9 Å². The first-order chi connectivity index (χ1) is 6.96. The van der Waals surface area contributed by atoms with Crippen molar-refractivity contribution in [1.82, 2.24) is 10.2 Å². The minimum Gasteiger partial charge on any atom is -0.336 e. The molecule has 1 saturated heterocycles. The smallest absolute Gasteiger partial charge is 0.230 e. The second-order valence-electron chi connectivity index (χ2n) is 7.18. The van der Waals surface area contributed by atoms with Crippen molar-refractivity contribution in [3.05, 3.63) is 0 Å². The Hall–Kier alpha value is -0.570. The molecular formula is C13H26N2O. The van der Waals surface area contributed by atoms with Gasteiger partial charge in [-0.15, -0.1) is 0 Å². The molecule has 0 spiro atoms. The maximum absolute atomic E-state index is 12.5. The van der Waals surface area contributed by atoms with E-state index >= 15 is 0 Å². The monoisotopic (exact) mass is 226 g/mol. The Morgan fingerprint density at radius 1 is 1.19 bits per heavy atom. The highest BCUT2D eigenvalue weighted by Crippen LogP contribution is 2.29. The Bertz CT molecular complexity index is 287. The van der Waals surface area contributed by atoms with Crippen LogP contribution in [0.1, 0.15) is 48.5 Å². The molecule has 1 rings (SSSR count). The maximum atomic E-state index is 12.5. The fourth-order valence-corrected chi connectivity index (χ4v) is 1.97. The van der Waals surface area contributed by atoms with Crippen LogP contribution in [-0.4, -0.2) is 35.0 Å². The summed E-state index contributed by atoms with van der Waals surface area (Å²) in [7, 11) is 0. The van der Waals surface area contributed by atoms with Gasteiger partial charge in [0.15, 0.2) is 0 Å². The van der Waals surface area contributed by atoms with Crippen molar-refractivity contribution in [1.29, 1.82) is 0 Å². The summed E-state index contributed by atoms with van der Waals surface area (Å²) < 4.78 is 0. The molecule has 94 valence electrons. The topological polar surface area (TPSA) is 32.3 Å². The zero-order valence-electron chi connectivity index (χ0n) is 11.8. The van der Waals surface area contributed by atoms with Crippen molar-refractivity contribution >= 4 is 5.91 Å². The Balaban J connectivity index is 3.09. The number of carbonyl (C=O) groups is 1. The Morgan fingerprint density at radius 3 is 2.12 bits per heavy atom. The van der Waals surface area contributed by atoms with Gasteiger partial charge in [-0.25, -0.2) is 0 Å². The lowest BCUT2D eigenvalue weighted by atomic mass is 9.90. The molecule has 0 unspecified atom stereocenters. The number of hydrogen-bond donors (Lipinski definition) is 1. The van der Waals surface area contributed by atoms with Crippen molar-refractivity contribution < 1.29 is 4.79 Å². The average molecular weight is 226 g/mol. The summed E-state index contributed by atoms with van der Waals surface area (Å²) in [5.74, 6) is 0.248. The van der Waals surface area contributed by atoms with Gasteiger partial charge in [0.05, 0.1) is 5.41 Å². The first kappa shape index (κ1) is 13.5.